The van der Waals surface area contributed by atoms with Gasteiger partial charge in [-0.05, 0) is 11.8 Å². The van der Waals surface area contributed by atoms with E-state index in [-0.39, 0.29) is 0 Å². The Labute approximate surface area is 117 Å². The maximum absolute atomic E-state index is 2.42. The quantitative estimate of drug-likeness (QED) is 0.311. The Kier molecular flexibility index (Phi) is 13.4. The fraction of sp³-hybridized carbons (Fsp3) is 1.00. The summed E-state index contributed by atoms with van der Waals surface area (Å²) in [5.74, 6) is 1.99. The van der Waals surface area contributed by atoms with Crippen molar-refractivity contribution >= 4 is 0 Å². The molecule has 0 aliphatic carbocycles. The molecule has 0 saturated heterocycles. The first-order chi connectivity index (χ1) is 8.74. The van der Waals surface area contributed by atoms with Crippen LogP contribution in [0.1, 0.15) is 105 Å². The van der Waals surface area contributed by atoms with Gasteiger partial charge in [-0.3, -0.25) is 0 Å². The Bertz CT molecular complexity index is 150. The topological polar surface area (TPSA) is 0 Å². The second-order valence-electron chi connectivity index (χ2n) is 6.33. The van der Waals surface area contributed by atoms with Gasteiger partial charge in [0.2, 0.25) is 0 Å². The molecule has 0 spiro atoms. The van der Waals surface area contributed by atoms with Crippen LogP contribution in [0, 0.1) is 11.8 Å². The third-order valence-corrected chi connectivity index (χ3v) is 4.25. The molecule has 0 bridgehead atoms. The molecule has 2 atom stereocenters. The lowest BCUT2D eigenvalue weighted by Gasteiger charge is -2.16. The first kappa shape index (κ1) is 18.0. The number of rotatable bonds is 13. The Morgan fingerprint density at radius 1 is 0.556 bits per heavy atom. The number of hydrogen-bond acceptors (Lipinski definition) is 0. The lowest BCUT2D eigenvalue weighted by atomic mass is 9.90. The van der Waals surface area contributed by atoms with Crippen molar-refractivity contribution in [3.8, 4) is 0 Å². The Hall–Kier alpha value is 0. The van der Waals surface area contributed by atoms with Crippen molar-refractivity contribution in [3.63, 3.8) is 0 Å². The molecule has 0 aromatic carbocycles. The summed E-state index contributed by atoms with van der Waals surface area (Å²) < 4.78 is 0. The predicted octanol–water partition coefficient (Wildman–Crippen LogP) is 6.98. The smallest absolute Gasteiger partial charge is 0.0414 e. The summed E-state index contributed by atoms with van der Waals surface area (Å²) in [6, 6.07) is 0. The lowest BCUT2D eigenvalue weighted by Crippen LogP contribution is -2.00. The maximum atomic E-state index is 2.42. The van der Waals surface area contributed by atoms with Crippen molar-refractivity contribution in [2.45, 2.75) is 105 Å². The Morgan fingerprint density at radius 2 is 1.17 bits per heavy atom. The molecule has 0 aromatic heterocycles. The van der Waals surface area contributed by atoms with E-state index in [1.807, 2.05) is 0 Å². The average molecular weight is 255 g/mol. The number of unbranched alkanes of at least 4 members (excludes halogenated alkanes) is 3. The summed E-state index contributed by atoms with van der Waals surface area (Å²) in [7, 11) is 0. The molecule has 0 N–H and O–H groups in total. The van der Waals surface area contributed by atoms with Crippen LogP contribution in [-0.4, -0.2) is 0 Å². The van der Waals surface area contributed by atoms with Gasteiger partial charge in [0.25, 0.3) is 0 Å². The van der Waals surface area contributed by atoms with Crippen molar-refractivity contribution < 1.29 is 0 Å². The van der Waals surface area contributed by atoms with Gasteiger partial charge in [-0.1, -0.05) is 105 Å². The molecule has 18 heavy (non-hydrogen) atoms. The van der Waals surface area contributed by atoms with E-state index in [1.165, 1.54) is 77.0 Å². The van der Waals surface area contributed by atoms with Crippen LogP contribution in [0.3, 0.4) is 0 Å². The van der Waals surface area contributed by atoms with E-state index < -0.39 is 0 Å². The van der Waals surface area contributed by atoms with Crippen molar-refractivity contribution in [3.05, 3.63) is 0 Å². The second-order valence-corrected chi connectivity index (χ2v) is 6.33. The molecule has 0 aromatic rings. The van der Waals surface area contributed by atoms with E-state index in [0.717, 1.165) is 11.8 Å². The largest absolute Gasteiger partial charge is 0.0654 e. The third-order valence-electron chi connectivity index (χ3n) is 4.25. The fourth-order valence-electron chi connectivity index (χ4n) is 3.07. The van der Waals surface area contributed by atoms with E-state index in [4.69, 9.17) is 0 Å². The van der Waals surface area contributed by atoms with Gasteiger partial charge in [0.15, 0.2) is 0 Å². The summed E-state index contributed by atoms with van der Waals surface area (Å²) in [6.07, 6.45) is 17.3. The highest BCUT2D eigenvalue weighted by atomic mass is 14.1. The first-order valence-corrected chi connectivity index (χ1v) is 8.74. The zero-order valence-electron chi connectivity index (χ0n) is 13.6. The van der Waals surface area contributed by atoms with Crippen molar-refractivity contribution in [1.29, 1.82) is 0 Å². The van der Waals surface area contributed by atoms with Crippen LogP contribution in [0.2, 0.25) is 0 Å². The minimum atomic E-state index is 0.960. The Morgan fingerprint density at radius 3 is 1.78 bits per heavy atom. The highest BCUT2D eigenvalue weighted by Gasteiger charge is 2.07. The van der Waals surface area contributed by atoms with E-state index in [2.05, 4.69) is 27.7 Å². The predicted molar refractivity (Wildman–Crippen MR) is 85.1 cm³/mol. The molecule has 0 aliphatic rings. The van der Waals surface area contributed by atoms with Gasteiger partial charge in [-0.2, -0.15) is 0 Å². The zero-order valence-corrected chi connectivity index (χ0v) is 13.6. The monoisotopic (exact) mass is 254 g/mol. The zero-order chi connectivity index (χ0) is 13.6. The van der Waals surface area contributed by atoms with E-state index >= 15 is 0 Å². The molecule has 0 rings (SSSR count). The SMILES string of the molecule is CCCCC(CCC)CCCCCC(C)CCC. The molecule has 0 aliphatic heterocycles. The van der Waals surface area contributed by atoms with Crippen LogP contribution < -0.4 is 0 Å². The molecule has 0 heteroatoms. The maximum Gasteiger partial charge on any atom is -0.0414 e. The average Bonchev–Trinajstić information content (AvgIpc) is 2.35. The molecule has 0 amide bonds. The van der Waals surface area contributed by atoms with Gasteiger partial charge >= 0.3 is 0 Å². The minimum Gasteiger partial charge on any atom is -0.0654 e. The van der Waals surface area contributed by atoms with Gasteiger partial charge < -0.3 is 0 Å². The molecular formula is C18H38. The van der Waals surface area contributed by atoms with Crippen LogP contribution in [-0.2, 0) is 0 Å². The standard InChI is InChI=1S/C18H38/c1-5-8-15-18(13-7-3)16-11-9-10-14-17(4)12-6-2/h17-18H,5-16H2,1-4H3. The molecule has 0 fully saturated rings. The summed E-state index contributed by atoms with van der Waals surface area (Å²) in [5.41, 5.74) is 0. The lowest BCUT2D eigenvalue weighted by molar-refractivity contribution is 0.376. The fourth-order valence-corrected chi connectivity index (χ4v) is 3.07. The molecule has 2 unspecified atom stereocenters. The summed E-state index contributed by atoms with van der Waals surface area (Å²) in [6.45, 7) is 9.38. The second kappa shape index (κ2) is 13.4. The first-order valence-electron chi connectivity index (χ1n) is 8.74. The van der Waals surface area contributed by atoms with Crippen molar-refractivity contribution in [2.75, 3.05) is 0 Å². The molecule has 0 heterocycles. The Balaban J connectivity index is 3.47. The number of hydrogen-bond donors (Lipinski definition) is 0. The highest BCUT2D eigenvalue weighted by molar-refractivity contribution is 4.60. The molecule has 0 saturated carbocycles. The van der Waals surface area contributed by atoms with Crippen LogP contribution in [0.4, 0.5) is 0 Å². The third kappa shape index (κ3) is 11.1. The van der Waals surface area contributed by atoms with Gasteiger partial charge in [-0.15, -0.1) is 0 Å². The molecule has 0 radical (unpaired) electrons. The summed E-state index contributed by atoms with van der Waals surface area (Å²) in [4.78, 5) is 0. The van der Waals surface area contributed by atoms with Crippen molar-refractivity contribution in [1.82, 2.24) is 0 Å². The van der Waals surface area contributed by atoms with E-state index in [0.29, 0.717) is 0 Å². The summed E-state index contributed by atoms with van der Waals surface area (Å²) >= 11 is 0. The molecular weight excluding hydrogens is 216 g/mol. The summed E-state index contributed by atoms with van der Waals surface area (Å²) in [5, 5.41) is 0. The van der Waals surface area contributed by atoms with Crippen LogP contribution in [0.5, 0.6) is 0 Å². The molecule has 0 nitrogen and oxygen atoms in total. The van der Waals surface area contributed by atoms with Crippen LogP contribution >= 0.6 is 0 Å². The van der Waals surface area contributed by atoms with Gasteiger partial charge in [0, 0.05) is 0 Å². The normalized spacial score (nSPS) is 14.7. The van der Waals surface area contributed by atoms with Gasteiger partial charge in [-0.25, -0.2) is 0 Å². The molecule has 110 valence electrons. The van der Waals surface area contributed by atoms with E-state index in [1.54, 1.807) is 0 Å². The van der Waals surface area contributed by atoms with Gasteiger partial charge in [0.05, 0.1) is 0 Å². The van der Waals surface area contributed by atoms with Crippen molar-refractivity contribution in [2.24, 2.45) is 11.8 Å². The van der Waals surface area contributed by atoms with Crippen LogP contribution in [0.25, 0.3) is 0 Å². The highest BCUT2D eigenvalue weighted by Crippen LogP contribution is 2.22. The van der Waals surface area contributed by atoms with Crippen LogP contribution in [0.15, 0.2) is 0 Å². The van der Waals surface area contributed by atoms with E-state index in [9.17, 15) is 0 Å². The van der Waals surface area contributed by atoms with Gasteiger partial charge in [0.1, 0.15) is 0 Å². The minimum absolute atomic E-state index is 0.960.